The van der Waals surface area contributed by atoms with Gasteiger partial charge in [-0.3, -0.25) is 9.78 Å². The first-order valence-electron chi connectivity index (χ1n) is 4.39. The number of pyridine rings is 1. The first-order chi connectivity index (χ1) is 6.74. The highest BCUT2D eigenvalue weighted by molar-refractivity contribution is 5.72. The number of hydrogen-bond donors (Lipinski definition) is 0. The van der Waals surface area contributed by atoms with E-state index in [1.807, 2.05) is 25.1 Å². The number of aryl methyl sites for hydroxylation is 1. The average molecular weight is 191 g/mol. The van der Waals surface area contributed by atoms with Gasteiger partial charge < -0.3 is 4.74 Å². The predicted octanol–water partition coefficient (Wildman–Crippen LogP) is 1.97. The summed E-state index contributed by atoms with van der Waals surface area (Å²) >= 11 is 0. The van der Waals surface area contributed by atoms with Crippen molar-refractivity contribution < 1.29 is 9.53 Å². The van der Waals surface area contributed by atoms with Crippen molar-refractivity contribution in [3.8, 4) is 0 Å². The molecule has 0 saturated carbocycles. The maximum Gasteiger partial charge on any atom is 0.309 e. The normalized spacial score (nSPS) is 10.4. The summed E-state index contributed by atoms with van der Waals surface area (Å²) in [6.45, 7) is 1.93. The van der Waals surface area contributed by atoms with E-state index in [-0.39, 0.29) is 5.97 Å². The maximum absolute atomic E-state index is 10.8. The molecule has 0 bridgehead atoms. The van der Waals surface area contributed by atoms with Gasteiger partial charge in [-0.25, -0.2) is 0 Å². The van der Waals surface area contributed by atoms with Crippen LogP contribution in [-0.2, 0) is 9.53 Å². The van der Waals surface area contributed by atoms with Crippen LogP contribution in [0.5, 0.6) is 0 Å². The molecule has 74 valence electrons. The molecule has 0 aromatic carbocycles. The Hall–Kier alpha value is -1.64. The lowest BCUT2D eigenvalue weighted by Gasteiger charge is -1.97. The lowest BCUT2D eigenvalue weighted by atomic mass is 10.2. The Morgan fingerprint density at radius 1 is 1.64 bits per heavy atom. The van der Waals surface area contributed by atoms with Crippen LogP contribution in [0.25, 0.3) is 6.08 Å². The fraction of sp³-hybridized carbons (Fsp3) is 0.273. The van der Waals surface area contributed by atoms with Crippen LogP contribution in [0.2, 0.25) is 0 Å². The molecule has 0 aliphatic carbocycles. The van der Waals surface area contributed by atoms with Crippen molar-refractivity contribution in [1.82, 2.24) is 4.98 Å². The maximum atomic E-state index is 10.8. The summed E-state index contributed by atoms with van der Waals surface area (Å²) in [4.78, 5) is 14.9. The average Bonchev–Trinajstić information content (AvgIpc) is 2.20. The molecule has 0 fully saturated rings. The monoisotopic (exact) mass is 191 g/mol. The Kier molecular flexibility index (Phi) is 3.85. The van der Waals surface area contributed by atoms with Crippen LogP contribution in [0.15, 0.2) is 24.4 Å². The minimum atomic E-state index is -0.234. The van der Waals surface area contributed by atoms with E-state index in [2.05, 4.69) is 9.72 Å². The van der Waals surface area contributed by atoms with Gasteiger partial charge in [-0.05, 0) is 18.6 Å². The van der Waals surface area contributed by atoms with E-state index in [9.17, 15) is 4.79 Å². The van der Waals surface area contributed by atoms with Crippen LogP contribution in [0.4, 0.5) is 0 Å². The second-order valence-corrected chi connectivity index (χ2v) is 2.86. The summed E-state index contributed by atoms with van der Waals surface area (Å²) in [5.74, 6) is -0.234. The molecular weight excluding hydrogens is 178 g/mol. The molecule has 0 saturated heterocycles. The minimum absolute atomic E-state index is 0.234. The molecule has 1 heterocycles. The molecule has 0 unspecified atom stereocenters. The van der Waals surface area contributed by atoms with E-state index in [4.69, 9.17) is 0 Å². The standard InChI is InChI=1S/C11H13NO2/c1-9-10(6-4-8-12-9)5-3-7-11(13)14-2/h3-6,8H,7H2,1-2H3. The van der Waals surface area contributed by atoms with Gasteiger partial charge in [0.05, 0.1) is 13.5 Å². The van der Waals surface area contributed by atoms with Crippen LogP contribution >= 0.6 is 0 Å². The quantitative estimate of drug-likeness (QED) is 0.685. The zero-order valence-electron chi connectivity index (χ0n) is 8.36. The van der Waals surface area contributed by atoms with E-state index in [1.165, 1.54) is 7.11 Å². The molecule has 0 spiro atoms. The van der Waals surface area contributed by atoms with E-state index >= 15 is 0 Å². The molecule has 0 radical (unpaired) electrons. The molecule has 14 heavy (non-hydrogen) atoms. The van der Waals surface area contributed by atoms with Crippen LogP contribution in [-0.4, -0.2) is 18.1 Å². The van der Waals surface area contributed by atoms with Crippen LogP contribution in [0.1, 0.15) is 17.7 Å². The summed E-state index contributed by atoms with van der Waals surface area (Å²) in [5.41, 5.74) is 1.98. The summed E-state index contributed by atoms with van der Waals surface area (Å²) < 4.78 is 4.51. The Balaban J connectivity index is 2.60. The largest absolute Gasteiger partial charge is 0.469 e. The van der Waals surface area contributed by atoms with Gasteiger partial charge in [0.15, 0.2) is 0 Å². The minimum Gasteiger partial charge on any atom is -0.469 e. The highest BCUT2D eigenvalue weighted by atomic mass is 16.5. The van der Waals surface area contributed by atoms with Gasteiger partial charge in [-0.1, -0.05) is 18.2 Å². The number of methoxy groups -OCH3 is 1. The molecule has 1 aromatic rings. The smallest absolute Gasteiger partial charge is 0.309 e. The molecule has 0 amide bonds. The van der Waals surface area contributed by atoms with E-state index < -0.39 is 0 Å². The molecule has 1 rings (SSSR count). The van der Waals surface area contributed by atoms with E-state index in [0.29, 0.717) is 6.42 Å². The summed E-state index contributed by atoms with van der Waals surface area (Å²) in [5, 5.41) is 0. The van der Waals surface area contributed by atoms with Crippen molar-refractivity contribution in [2.75, 3.05) is 7.11 Å². The highest BCUT2D eigenvalue weighted by Crippen LogP contribution is 2.06. The van der Waals surface area contributed by atoms with E-state index in [0.717, 1.165) is 11.3 Å². The molecule has 0 N–H and O–H groups in total. The molecular formula is C11H13NO2. The SMILES string of the molecule is COC(=O)CC=Cc1cccnc1C. The number of hydrogen-bond acceptors (Lipinski definition) is 3. The number of esters is 1. The zero-order chi connectivity index (χ0) is 10.4. The van der Waals surface area contributed by atoms with Crippen molar-refractivity contribution in [3.63, 3.8) is 0 Å². The number of ether oxygens (including phenoxy) is 1. The zero-order valence-corrected chi connectivity index (χ0v) is 8.36. The van der Waals surface area contributed by atoms with Crippen molar-refractivity contribution in [1.29, 1.82) is 0 Å². The topological polar surface area (TPSA) is 39.2 Å². The summed E-state index contributed by atoms with van der Waals surface area (Å²) in [6.07, 6.45) is 5.69. The molecule has 0 atom stereocenters. The summed E-state index contributed by atoms with van der Waals surface area (Å²) in [6, 6.07) is 3.82. The van der Waals surface area contributed by atoms with Gasteiger partial charge in [0.1, 0.15) is 0 Å². The van der Waals surface area contributed by atoms with Gasteiger partial charge in [0, 0.05) is 11.9 Å². The third-order valence-electron chi connectivity index (χ3n) is 1.86. The van der Waals surface area contributed by atoms with Crippen molar-refractivity contribution in [3.05, 3.63) is 35.7 Å². The lowest BCUT2D eigenvalue weighted by Crippen LogP contribution is -1.96. The highest BCUT2D eigenvalue weighted by Gasteiger charge is 1.95. The third-order valence-corrected chi connectivity index (χ3v) is 1.86. The first-order valence-corrected chi connectivity index (χ1v) is 4.39. The lowest BCUT2D eigenvalue weighted by molar-refractivity contribution is -0.139. The fourth-order valence-corrected chi connectivity index (χ4v) is 1.04. The van der Waals surface area contributed by atoms with Gasteiger partial charge in [0.25, 0.3) is 0 Å². The third kappa shape index (κ3) is 3.01. The molecule has 3 nitrogen and oxygen atoms in total. The van der Waals surface area contributed by atoms with Gasteiger partial charge >= 0.3 is 5.97 Å². The fourth-order valence-electron chi connectivity index (χ4n) is 1.04. The van der Waals surface area contributed by atoms with Crippen molar-refractivity contribution >= 4 is 12.0 Å². The van der Waals surface area contributed by atoms with Crippen molar-refractivity contribution in [2.45, 2.75) is 13.3 Å². The van der Waals surface area contributed by atoms with Gasteiger partial charge in [-0.15, -0.1) is 0 Å². The molecule has 0 aliphatic heterocycles. The van der Waals surface area contributed by atoms with Crippen molar-refractivity contribution in [2.24, 2.45) is 0 Å². The molecule has 3 heteroatoms. The Labute approximate surface area is 83.4 Å². The second-order valence-electron chi connectivity index (χ2n) is 2.86. The van der Waals surface area contributed by atoms with Crippen LogP contribution in [0, 0.1) is 6.92 Å². The number of rotatable bonds is 3. The second kappa shape index (κ2) is 5.17. The van der Waals surface area contributed by atoms with Gasteiger partial charge in [0.2, 0.25) is 0 Å². The number of aromatic nitrogens is 1. The van der Waals surface area contributed by atoms with Crippen LogP contribution < -0.4 is 0 Å². The number of carbonyl (C=O) groups is 1. The van der Waals surface area contributed by atoms with E-state index in [1.54, 1.807) is 12.3 Å². The summed E-state index contributed by atoms with van der Waals surface area (Å²) in [7, 11) is 1.38. The Bertz CT molecular complexity index is 345. The number of carbonyl (C=O) groups excluding carboxylic acids is 1. The number of nitrogens with zero attached hydrogens (tertiary/aromatic N) is 1. The Morgan fingerprint density at radius 2 is 2.43 bits per heavy atom. The van der Waals surface area contributed by atoms with Gasteiger partial charge in [-0.2, -0.15) is 0 Å². The predicted molar refractivity (Wildman–Crippen MR) is 54.6 cm³/mol. The molecule has 1 aromatic heterocycles. The Morgan fingerprint density at radius 3 is 3.07 bits per heavy atom. The van der Waals surface area contributed by atoms with Crippen LogP contribution in [0.3, 0.4) is 0 Å². The first kappa shape index (κ1) is 10.4. The molecule has 0 aliphatic rings.